The summed E-state index contributed by atoms with van der Waals surface area (Å²) < 4.78 is 0. The van der Waals surface area contributed by atoms with Crippen LogP contribution in [0, 0.1) is 11.8 Å². The maximum atomic E-state index is 13.0. The molecule has 2 fully saturated rings. The molecular weight excluding hydrogens is 344 g/mol. The van der Waals surface area contributed by atoms with Crippen molar-refractivity contribution in [3.8, 4) is 0 Å². The topological polar surface area (TPSA) is 81.8 Å². The summed E-state index contributed by atoms with van der Waals surface area (Å²) in [5.41, 5.74) is 2.08. The smallest absolute Gasteiger partial charge is 0.318 e. The molecule has 0 radical (unpaired) electrons. The zero-order valence-corrected chi connectivity index (χ0v) is 16.2. The van der Waals surface area contributed by atoms with Crippen LogP contribution in [-0.4, -0.2) is 47.4 Å². The number of benzene rings is 1. The van der Waals surface area contributed by atoms with E-state index in [1.165, 1.54) is 0 Å². The van der Waals surface area contributed by atoms with Crippen molar-refractivity contribution in [2.75, 3.05) is 19.6 Å². The third-order valence-corrected chi connectivity index (χ3v) is 5.44. The molecule has 2 N–H and O–H groups in total. The van der Waals surface area contributed by atoms with Crippen molar-refractivity contribution in [3.05, 3.63) is 35.9 Å². The minimum absolute atomic E-state index is 0.177. The number of amides is 4. The Kier molecular flexibility index (Phi) is 5.51. The highest BCUT2D eigenvalue weighted by Gasteiger charge is 2.52. The van der Waals surface area contributed by atoms with Gasteiger partial charge >= 0.3 is 6.03 Å². The van der Waals surface area contributed by atoms with Crippen LogP contribution in [0.25, 0.3) is 0 Å². The lowest BCUT2D eigenvalue weighted by Gasteiger charge is -2.34. The maximum Gasteiger partial charge on any atom is 0.344 e. The predicted octanol–water partition coefficient (Wildman–Crippen LogP) is 1.85. The molecule has 0 saturated carbocycles. The fourth-order valence-electron chi connectivity index (χ4n) is 4.32. The van der Waals surface area contributed by atoms with Crippen molar-refractivity contribution in [1.82, 2.24) is 20.7 Å². The van der Waals surface area contributed by atoms with E-state index in [-0.39, 0.29) is 12.5 Å². The first kappa shape index (κ1) is 19.4. The van der Waals surface area contributed by atoms with E-state index in [0.717, 1.165) is 24.5 Å². The number of nitrogens with one attached hydrogen (secondary N) is 2. The fraction of sp³-hybridized carbons (Fsp3) is 0.550. The number of piperidine rings is 1. The van der Waals surface area contributed by atoms with Gasteiger partial charge in [-0.15, -0.1) is 0 Å². The molecule has 1 aromatic carbocycles. The Bertz CT molecular complexity index is 713. The van der Waals surface area contributed by atoms with Crippen molar-refractivity contribution in [3.63, 3.8) is 0 Å². The molecule has 0 aliphatic carbocycles. The molecule has 3 rings (SSSR count). The van der Waals surface area contributed by atoms with E-state index in [9.17, 15) is 14.4 Å². The number of imide groups is 1. The molecule has 7 nitrogen and oxygen atoms in total. The van der Waals surface area contributed by atoms with E-state index in [2.05, 4.69) is 29.5 Å². The molecule has 0 bridgehead atoms. The molecule has 27 heavy (non-hydrogen) atoms. The quantitative estimate of drug-likeness (QED) is 0.773. The second kappa shape index (κ2) is 7.68. The number of hydrogen-bond donors (Lipinski definition) is 2. The standard InChI is InChI=1S/C20H28N4O3/c1-4-20(16-8-6-5-7-9-16)18(26)24(19(27)21-20)22-17(25)13-23-11-14(2)10-15(3)12-23/h5-9,14-15H,4,10-13H2,1-3H3,(H,21,27)(H,22,25)/t14-,15+,20-/m0/s1. The summed E-state index contributed by atoms with van der Waals surface area (Å²) in [5.74, 6) is 0.267. The molecule has 2 aliphatic rings. The van der Waals surface area contributed by atoms with E-state index in [1.807, 2.05) is 37.3 Å². The van der Waals surface area contributed by atoms with Crippen LogP contribution in [0.15, 0.2) is 30.3 Å². The normalized spacial score (nSPS) is 28.9. The molecule has 1 aromatic rings. The Balaban J connectivity index is 1.69. The number of hydrazine groups is 1. The highest BCUT2D eigenvalue weighted by molar-refractivity contribution is 6.08. The van der Waals surface area contributed by atoms with Gasteiger partial charge in [-0.2, -0.15) is 5.01 Å². The van der Waals surface area contributed by atoms with Gasteiger partial charge in [0.05, 0.1) is 6.54 Å². The summed E-state index contributed by atoms with van der Waals surface area (Å²) in [6.07, 6.45) is 1.55. The Morgan fingerprint density at radius 3 is 2.41 bits per heavy atom. The monoisotopic (exact) mass is 372 g/mol. The Morgan fingerprint density at radius 2 is 1.81 bits per heavy atom. The summed E-state index contributed by atoms with van der Waals surface area (Å²) >= 11 is 0. The summed E-state index contributed by atoms with van der Waals surface area (Å²) in [5, 5.41) is 3.59. The zero-order valence-electron chi connectivity index (χ0n) is 16.2. The van der Waals surface area contributed by atoms with Gasteiger partial charge in [-0.3, -0.25) is 19.9 Å². The van der Waals surface area contributed by atoms with Crippen LogP contribution in [0.2, 0.25) is 0 Å². The second-order valence-corrected chi connectivity index (χ2v) is 7.87. The number of rotatable bonds is 5. The van der Waals surface area contributed by atoms with Crippen LogP contribution < -0.4 is 10.7 Å². The van der Waals surface area contributed by atoms with Crippen LogP contribution in [0.1, 0.15) is 39.2 Å². The van der Waals surface area contributed by atoms with Gasteiger partial charge in [0.1, 0.15) is 5.54 Å². The van der Waals surface area contributed by atoms with Crippen LogP contribution in [0.4, 0.5) is 4.79 Å². The first-order chi connectivity index (χ1) is 12.9. The van der Waals surface area contributed by atoms with Crippen LogP contribution in [0.5, 0.6) is 0 Å². The van der Waals surface area contributed by atoms with Crippen LogP contribution in [-0.2, 0) is 15.1 Å². The van der Waals surface area contributed by atoms with Gasteiger partial charge in [0.2, 0.25) is 0 Å². The van der Waals surface area contributed by atoms with E-state index < -0.39 is 17.5 Å². The Morgan fingerprint density at radius 1 is 1.19 bits per heavy atom. The summed E-state index contributed by atoms with van der Waals surface area (Å²) in [4.78, 5) is 40.0. The van der Waals surface area contributed by atoms with E-state index in [0.29, 0.717) is 23.8 Å². The number of hydrogen-bond acceptors (Lipinski definition) is 4. The first-order valence-corrected chi connectivity index (χ1v) is 9.59. The first-order valence-electron chi connectivity index (χ1n) is 9.59. The molecule has 0 aromatic heterocycles. The van der Waals surface area contributed by atoms with Gasteiger partial charge in [-0.05, 0) is 30.2 Å². The molecule has 2 heterocycles. The minimum Gasteiger partial charge on any atom is -0.318 e. The van der Waals surface area contributed by atoms with Gasteiger partial charge in [0.15, 0.2) is 0 Å². The molecule has 2 aliphatic heterocycles. The van der Waals surface area contributed by atoms with Gasteiger partial charge in [-0.25, -0.2) is 4.79 Å². The summed E-state index contributed by atoms with van der Waals surface area (Å²) in [7, 11) is 0. The summed E-state index contributed by atoms with van der Waals surface area (Å²) in [6.45, 7) is 8.06. The van der Waals surface area contributed by atoms with Gasteiger partial charge in [0.25, 0.3) is 11.8 Å². The lowest BCUT2D eigenvalue weighted by molar-refractivity contribution is -0.140. The van der Waals surface area contributed by atoms with Gasteiger partial charge in [-0.1, -0.05) is 51.1 Å². The van der Waals surface area contributed by atoms with Gasteiger partial charge in [0, 0.05) is 13.1 Å². The molecule has 7 heteroatoms. The molecule has 146 valence electrons. The Hall–Kier alpha value is -2.41. The lowest BCUT2D eigenvalue weighted by atomic mass is 9.87. The van der Waals surface area contributed by atoms with Crippen molar-refractivity contribution in [2.45, 2.75) is 39.2 Å². The molecule has 4 amide bonds. The highest BCUT2D eigenvalue weighted by Crippen LogP contribution is 2.31. The third-order valence-electron chi connectivity index (χ3n) is 5.44. The number of likely N-dealkylation sites (tertiary alicyclic amines) is 1. The molecular formula is C20H28N4O3. The predicted molar refractivity (Wildman–Crippen MR) is 101 cm³/mol. The SMILES string of the molecule is CC[C@@]1(c2ccccc2)NC(=O)N(NC(=O)CN2C[C@H](C)C[C@H](C)C2)C1=O. The van der Waals surface area contributed by atoms with E-state index >= 15 is 0 Å². The average molecular weight is 372 g/mol. The Labute approximate surface area is 160 Å². The van der Waals surface area contributed by atoms with Crippen molar-refractivity contribution >= 4 is 17.8 Å². The number of carbonyl (C=O) groups excluding carboxylic acids is 3. The molecule has 2 saturated heterocycles. The third kappa shape index (κ3) is 3.83. The van der Waals surface area contributed by atoms with Crippen LogP contribution in [0.3, 0.4) is 0 Å². The summed E-state index contributed by atoms with van der Waals surface area (Å²) in [6, 6.07) is 8.53. The van der Waals surface area contributed by atoms with Crippen molar-refractivity contribution in [1.29, 1.82) is 0 Å². The van der Waals surface area contributed by atoms with Crippen molar-refractivity contribution < 1.29 is 14.4 Å². The van der Waals surface area contributed by atoms with Crippen molar-refractivity contribution in [2.24, 2.45) is 11.8 Å². The fourth-order valence-corrected chi connectivity index (χ4v) is 4.32. The van der Waals surface area contributed by atoms with E-state index in [1.54, 1.807) is 0 Å². The van der Waals surface area contributed by atoms with Gasteiger partial charge < -0.3 is 5.32 Å². The maximum absolute atomic E-state index is 13.0. The second-order valence-electron chi connectivity index (χ2n) is 7.87. The molecule has 3 atom stereocenters. The number of carbonyl (C=O) groups is 3. The zero-order chi connectivity index (χ0) is 19.6. The molecule has 0 spiro atoms. The minimum atomic E-state index is -1.14. The number of urea groups is 1. The average Bonchev–Trinajstić information content (AvgIpc) is 2.86. The number of nitrogens with zero attached hydrogens (tertiary/aromatic N) is 2. The lowest BCUT2D eigenvalue weighted by Crippen LogP contribution is -2.52. The van der Waals surface area contributed by atoms with Crippen LogP contribution >= 0.6 is 0 Å². The molecule has 0 unspecified atom stereocenters. The largest absolute Gasteiger partial charge is 0.344 e. The highest BCUT2D eigenvalue weighted by atomic mass is 16.2. The van der Waals surface area contributed by atoms with E-state index in [4.69, 9.17) is 0 Å².